The Morgan fingerprint density at radius 2 is 1.62 bits per heavy atom. The number of carbonyl (C=O) groups excluding carboxylic acids is 2. The van der Waals surface area contributed by atoms with Crippen LogP contribution in [0.2, 0.25) is 0 Å². The molecule has 0 aliphatic heterocycles. The standard InChI is InChI=1S/C32H34N2O6/c1-18(2)34(31(36)21-7-5-19(3)6-8-21)27-16-25-24-15-22(33-30(35)20-9-12-23(39-4)13-10-20)11-14-28(24)40-29(25)17-26(27)32(37)38/h9-19,21H,5-8H2,1-4H3,(H,33,35)(H,37,38). The smallest absolute Gasteiger partial charge is 0.337 e. The highest BCUT2D eigenvalue weighted by Gasteiger charge is 2.33. The summed E-state index contributed by atoms with van der Waals surface area (Å²) in [7, 11) is 1.57. The molecular formula is C32H34N2O6. The molecule has 0 radical (unpaired) electrons. The maximum absolute atomic E-state index is 13.8. The Kier molecular flexibility index (Phi) is 7.52. The molecule has 1 aromatic heterocycles. The molecule has 3 aromatic carbocycles. The fourth-order valence-corrected chi connectivity index (χ4v) is 5.56. The van der Waals surface area contributed by atoms with Gasteiger partial charge in [-0.05, 0) is 100 Å². The highest BCUT2D eigenvalue weighted by molar-refractivity contribution is 6.13. The zero-order valence-corrected chi connectivity index (χ0v) is 23.2. The minimum atomic E-state index is -1.12. The summed E-state index contributed by atoms with van der Waals surface area (Å²) in [4.78, 5) is 40.6. The largest absolute Gasteiger partial charge is 0.497 e. The van der Waals surface area contributed by atoms with Crippen molar-refractivity contribution in [1.29, 1.82) is 0 Å². The van der Waals surface area contributed by atoms with Gasteiger partial charge in [-0.15, -0.1) is 0 Å². The molecule has 1 heterocycles. The van der Waals surface area contributed by atoms with Gasteiger partial charge in [0.2, 0.25) is 5.91 Å². The third-order valence-corrected chi connectivity index (χ3v) is 7.81. The lowest BCUT2D eigenvalue weighted by molar-refractivity contribution is -0.123. The van der Waals surface area contributed by atoms with Crippen LogP contribution in [0.1, 0.15) is 67.2 Å². The number of nitrogens with one attached hydrogen (secondary N) is 1. The van der Waals surface area contributed by atoms with Crippen LogP contribution in [0.5, 0.6) is 5.75 Å². The fraction of sp³-hybridized carbons (Fsp3) is 0.344. The molecule has 8 heteroatoms. The number of aromatic carboxylic acids is 1. The third-order valence-electron chi connectivity index (χ3n) is 7.81. The quantitative estimate of drug-likeness (QED) is 0.258. The Hall–Kier alpha value is -4.33. The highest BCUT2D eigenvalue weighted by atomic mass is 16.5. The number of hydrogen-bond donors (Lipinski definition) is 2. The monoisotopic (exact) mass is 542 g/mol. The van der Waals surface area contributed by atoms with Gasteiger partial charge in [-0.2, -0.15) is 0 Å². The summed E-state index contributed by atoms with van der Waals surface area (Å²) in [5.41, 5.74) is 2.37. The van der Waals surface area contributed by atoms with E-state index in [-0.39, 0.29) is 29.3 Å². The first-order valence-electron chi connectivity index (χ1n) is 13.7. The Balaban J connectivity index is 1.54. The van der Waals surface area contributed by atoms with E-state index < -0.39 is 5.97 Å². The second-order valence-corrected chi connectivity index (χ2v) is 10.9. The number of anilines is 2. The number of fused-ring (bicyclic) bond motifs is 3. The van der Waals surface area contributed by atoms with Crippen LogP contribution in [0.4, 0.5) is 11.4 Å². The molecule has 0 atom stereocenters. The van der Waals surface area contributed by atoms with Gasteiger partial charge in [0, 0.05) is 34.0 Å². The van der Waals surface area contributed by atoms with Gasteiger partial charge < -0.3 is 24.5 Å². The van der Waals surface area contributed by atoms with Crippen molar-refractivity contribution in [3.05, 3.63) is 65.7 Å². The summed E-state index contributed by atoms with van der Waals surface area (Å²) in [6.07, 6.45) is 3.59. The van der Waals surface area contributed by atoms with Crippen LogP contribution in [0.25, 0.3) is 21.9 Å². The molecule has 5 rings (SSSR count). The van der Waals surface area contributed by atoms with Gasteiger partial charge in [0.25, 0.3) is 5.91 Å². The summed E-state index contributed by atoms with van der Waals surface area (Å²) >= 11 is 0. The minimum Gasteiger partial charge on any atom is -0.497 e. The van der Waals surface area contributed by atoms with Crippen LogP contribution in [0.3, 0.4) is 0 Å². The van der Waals surface area contributed by atoms with Gasteiger partial charge >= 0.3 is 5.97 Å². The van der Waals surface area contributed by atoms with Gasteiger partial charge in [0.1, 0.15) is 16.9 Å². The fourth-order valence-electron chi connectivity index (χ4n) is 5.56. The van der Waals surface area contributed by atoms with Crippen LogP contribution in [0.15, 0.2) is 59.0 Å². The van der Waals surface area contributed by atoms with E-state index in [0.29, 0.717) is 50.5 Å². The first-order chi connectivity index (χ1) is 19.2. The summed E-state index contributed by atoms with van der Waals surface area (Å²) in [5, 5.41) is 14.4. The first kappa shape index (κ1) is 27.2. The van der Waals surface area contributed by atoms with Crippen LogP contribution in [-0.4, -0.2) is 36.0 Å². The van der Waals surface area contributed by atoms with E-state index in [0.717, 1.165) is 25.7 Å². The van der Waals surface area contributed by atoms with Gasteiger partial charge in [-0.1, -0.05) is 6.92 Å². The van der Waals surface area contributed by atoms with Crippen LogP contribution < -0.4 is 15.0 Å². The molecule has 1 aliphatic rings. The first-order valence-corrected chi connectivity index (χ1v) is 13.7. The predicted octanol–water partition coefficient (Wildman–Crippen LogP) is 7.11. The number of benzene rings is 3. The molecule has 208 valence electrons. The molecule has 2 N–H and O–H groups in total. The van der Waals surface area contributed by atoms with Crippen LogP contribution in [-0.2, 0) is 4.79 Å². The lowest BCUT2D eigenvalue weighted by Gasteiger charge is -2.34. The zero-order chi connectivity index (χ0) is 28.6. The Bertz CT molecular complexity index is 1580. The lowest BCUT2D eigenvalue weighted by atomic mass is 9.82. The summed E-state index contributed by atoms with van der Waals surface area (Å²) in [6.45, 7) is 6.01. The number of ether oxygens (including phenoxy) is 1. The Labute approximate surface area is 232 Å². The number of rotatable bonds is 7. The van der Waals surface area contributed by atoms with Crippen molar-refractivity contribution in [2.45, 2.75) is 52.5 Å². The molecule has 8 nitrogen and oxygen atoms in total. The van der Waals surface area contributed by atoms with Crippen molar-refractivity contribution in [3.63, 3.8) is 0 Å². The average Bonchev–Trinajstić information content (AvgIpc) is 3.29. The molecule has 0 bridgehead atoms. The van der Waals surface area contributed by atoms with E-state index in [4.69, 9.17) is 9.15 Å². The van der Waals surface area contributed by atoms with Gasteiger partial charge in [0.15, 0.2) is 0 Å². The van der Waals surface area contributed by atoms with Crippen molar-refractivity contribution < 1.29 is 28.6 Å². The van der Waals surface area contributed by atoms with Gasteiger partial charge in [-0.3, -0.25) is 9.59 Å². The third kappa shape index (κ3) is 5.26. The normalized spacial score (nSPS) is 17.2. The Morgan fingerprint density at radius 3 is 2.25 bits per heavy atom. The molecule has 0 unspecified atom stereocenters. The minimum absolute atomic E-state index is 0.0193. The average molecular weight is 543 g/mol. The van der Waals surface area contributed by atoms with Crippen molar-refractivity contribution >= 4 is 51.1 Å². The number of carbonyl (C=O) groups is 3. The number of amides is 2. The molecule has 1 fully saturated rings. The molecule has 1 saturated carbocycles. The van der Waals surface area contributed by atoms with Crippen LogP contribution >= 0.6 is 0 Å². The number of methoxy groups -OCH3 is 1. The van der Waals surface area contributed by atoms with Gasteiger partial charge in [0.05, 0.1) is 18.4 Å². The van der Waals surface area contributed by atoms with E-state index in [9.17, 15) is 19.5 Å². The second kappa shape index (κ2) is 11.0. The summed E-state index contributed by atoms with van der Waals surface area (Å²) < 4.78 is 11.2. The highest BCUT2D eigenvalue weighted by Crippen LogP contribution is 2.38. The molecule has 1 aliphatic carbocycles. The molecule has 0 saturated heterocycles. The number of furan rings is 1. The lowest BCUT2D eigenvalue weighted by Crippen LogP contribution is -2.42. The molecule has 0 spiro atoms. The maximum Gasteiger partial charge on any atom is 0.337 e. The Morgan fingerprint density at radius 1 is 0.950 bits per heavy atom. The van der Waals surface area contributed by atoms with Crippen LogP contribution in [0, 0.1) is 11.8 Å². The molecular weight excluding hydrogens is 508 g/mol. The zero-order valence-electron chi connectivity index (χ0n) is 23.2. The summed E-state index contributed by atoms with van der Waals surface area (Å²) in [6, 6.07) is 15.1. The number of carboxylic acid groups (broad SMARTS) is 1. The SMILES string of the molecule is COc1ccc(C(=O)Nc2ccc3oc4cc(C(=O)O)c(N(C(=O)C5CCC(C)CC5)C(C)C)cc4c3c2)cc1. The van der Waals surface area contributed by atoms with E-state index in [1.807, 2.05) is 13.8 Å². The van der Waals surface area contributed by atoms with Crippen molar-refractivity contribution in [2.24, 2.45) is 11.8 Å². The molecule has 40 heavy (non-hydrogen) atoms. The maximum atomic E-state index is 13.8. The van der Waals surface area contributed by atoms with E-state index >= 15 is 0 Å². The second-order valence-electron chi connectivity index (χ2n) is 10.9. The summed E-state index contributed by atoms with van der Waals surface area (Å²) in [5.74, 6) is -0.311. The topological polar surface area (TPSA) is 109 Å². The number of carboxylic acids is 1. The molecule has 4 aromatic rings. The van der Waals surface area contributed by atoms with Gasteiger partial charge in [-0.25, -0.2) is 4.79 Å². The van der Waals surface area contributed by atoms with Crippen molar-refractivity contribution in [3.8, 4) is 5.75 Å². The van der Waals surface area contributed by atoms with E-state index in [1.165, 1.54) is 6.07 Å². The number of hydrogen-bond acceptors (Lipinski definition) is 5. The predicted molar refractivity (Wildman–Crippen MR) is 155 cm³/mol. The van der Waals surface area contributed by atoms with Crippen molar-refractivity contribution in [2.75, 3.05) is 17.3 Å². The number of nitrogens with zero attached hydrogens (tertiary/aromatic N) is 1. The van der Waals surface area contributed by atoms with E-state index in [1.54, 1.807) is 60.5 Å². The molecule has 2 amide bonds. The van der Waals surface area contributed by atoms with E-state index in [2.05, 4.69) is 12.2 Å². The van der Waals surface area contributed by atoms with Crippen molar-refractivity contribution in [1.82, 2.24) is 0 Å².